The molecule has 0 spiro atoms. The van der Waals surface area contributed by atoms with E-state index in [1.165, 1.54) is 0 Å². The maximum atomic E-state index is 12.1. The van der Waals surface area contributed by atoms with Crippen molar-refractivity contribution in [2.45, 2.75) is 32.2 Å². The Morgan fingerprint density at radius 1 is 1.32 bits per heavy atom. The van der Waals surface area contributed by atoms with Gasteiger partial charge in [-0.25, -0.2) is 0 Å². The van der Waals surface area contributed by atoms with Gasteiger partial charge in [-0.15, -0.1) is 0 Å². The van der Waals surface area contributed by atoms with E-state index in [2.05, 4.69) is 17.5 Å². The summed E-state index contributed by atoms with van der Waals surface area (Å²) in [4.78, 5) is 12.1. The number of hydrogen-bond donors (Lipinski definition) is 1. The molecule has 1 aliphatic rings. The average Bonchev–Trinajstić information content (AvgIpc) is 2.42. The van der Waals surface area contributed by atoms with Gasteiger partial charge >= 0.3 is 0 Å². The van der Waals surface area contributed by atoms with E-state index in [4.69, 9.17) is 23.2 Å². The second kappa shape index (κ2) is 6.44. The largest absolute Gasteiger partial charge is 0.349 e. The van der Waals surface area contributed by atoms with Gasteiger partial charge in [0, 0.05) is 5.92 Å². The molecule has 0 fully saturated rings. The first-order valence-electron chi connectivity index (χ1n) is 6.48. The molecule has 0 saturated heterocycles. The normalized spacial score (nSPS) is 20.1. The number of hydrogen-bond acceptors (Lipinski definition) is 1. The van der Waals surface area contributed by atoms with Gasteiger partial charge in [0.1, 0.15) is 0 Å². The summed E-state index contributed by atoms with van der Waals surface area (Å²) in [7, 11) is 0. The van der Waals surface area contributed by atoms with Crippen LogP contribution in [0.15, 0.2) is 30.4 Å². The molecule has 0 aromatic heterocycles. The second-order valence-corrected chi connectivity index (χ2v) is 5.70. The molecule has 1 aromatic carbocycles. The molecule has 1 aliphatic carbocycles. The van der Waals surface area contributed by atoms with Crippen molar-refractivity contribution in [2.75, 3.05) is 0 Å². The van der Waals surface area contributed by atoms with E-state index in [1.54, 1.807) is 12.1 Å². The molecule has 4 heteroatoms. The van der Waals surface area contributed by atoms with E-state index in [1.807, 2.05) is 13.0 Å². The van der Waals surface area contributed by atoms with E-state index in [0.717, 1.165) is 24.8 Å². The van der Waals surface area contributed by atoms with Crippen molar-refractivity contribution in [3.8, 4) is 0 Å². The van der Waals surface area contributed by atoms with Crippen LogP contribution < -0.4 is 5.32 Å². The molecule has 2 atom stereocenters. The Kier molecular flexibility index (Phi) is 4.89. The Bertz CT molecular complexity index is 499. The van der Waals surface area contributed by atoms with Gasteiger partial charge in [-0.2, -0.15) is 0 Å². The molecule has 0 aliphatic heterocycles. The minimum absolute atomic E-state index is 0.0619. The predicted molar refractivity (Wildman–Crippen MR) is 79.5 cm³/mol. The van der Waals surface area contributed by atoms with Crippen LogP contribution in [0.2, 0.25) is 10.0 Å². The summed E-state index contributed by atoms with van der Waals surface area (Å²) in [5.74, 6) is 0.207. The fourth-order valence-electron chi connectivity index (χ4n) is 2.23. The number of nitrogens with one attached hydrogen (secondary N) is 1. The van der Waals surface area contributed by atoms with Gasteiger partial charge in [0.25, 0.3) is 0 Å². The van der Waals surface area contributed by atoms with Crippen LogP contribution in [0.3, 0.4) is 0 Å². The molecule has 19 heavy (non-hydrogen) atoms. The Morgan fingerprint density at radius 2 is 2.11 bits per heavy atom. The first-order chi connectivity index (χ1) is 9.08. The predicted octanol–water partition coefficient (Wildman–Crippen LogP) is 4.53. The van der Waals surface area contributed by atoms with Crippen LogP contribution in [0.25, 0.3) is 0 Å². The number of benzene rings is 1. The first-order valence-corrected chi connectivity index (χ1v) is 7.24. The smallest absolute Gasteiger partial charge is 0.223 e. The zero-order valence-electron chi connectivity index (χ0n) is 10.8. The van der Waals surface area contributed by atoms with Crippen LogP contribution in [-0.4, -0.2) is 5.91 Å². The van der Waals surface area contributed by atoms with Gasteiger partial charge in [0.05, 0.1) is 16.1 Å². The highest BCUT2D eigenvalue weighted by Crippen LogP contribution is 2.26. The average molecular weight is 298 g/mol. The third-order valence-electron chi connectivity index (χ3n) is 3.44. The summed E-state index contributed by atoms with van der Waals surface area (Å²) in [6.07, 6.45) is 6.96. The van der Waals surface area contributed by atoms with Gasteiger partial charge in [0.15, 0.2) is 0 Å². The molecular formula is C15H17Cl2NO. The van der Waals surface area contributed by atoms with Crippen LogP contribution in [0, 0.1) is 5.92 Å². The van der Waals surface area contributed by atoms with E-state index in [-0.39, 0.29) is 17.9 Å². The van der Waals surface area contributed by atoms with Crippen LogP contribution in [0.1, 0.15) is 37.8 Å². The summed E-state index contributed by atoms with van der Waals surface area (Å²) in [6.45, 7) is 1.95. The number of carbonyl (C=O) groups excluding carboxylic acids is 1. The van der Waals surface area contributed by atoms with Crippen LogP contribution in [-0.2, 0) is 4.79 Å². The third-order valence-corrected chi connectivity index (χ3v) is 4.18. The molecule has 0 radical (unpaired) electrons. The fraction of sp³-hybridized carbons (Fsp3) is 0.400. The minimum atomic E-state index is -0.0619. The molecule has 0 heterocycles. The zero-order chi connectivity index (χ0) is 13.8. The minimum Gasteiger partial charge on any atom is -0.349 e. The lowest BCUT2D eigenvalue weighted by Gasteiger charge is -2.21. The lowest BCUT2D eigenvalue weighted by Crippen LogP contribution is -2.33. The molecule has 0 saturated carbocycles. The summed E-state index contributed by atoms with van der Waals surface area (Å²) in [5, 5.41) is 4.08. The van der Waals surface area contributed by atoms with Gasteiger partial charge in [-0.3, -0.25) is 4.79 Å². The highest BCUT2D eigenvalue weighted by molar-refractivity contribution is 6.42. The number of halogens is 2. The van der Waals surface area contributed by atoms with Gasteiger partial charge < -0.3 is 5.32 Å². The zero-order valence-corrected chi connectivity index (χ0v) is 12.3. The third kappa shape index (κ3) is 3.74. The molecule has 1 N–H and O–H groups in total. The van der Waals surface area contributed by atoms with E-state index in [0.29, 0.717) is 10.0 Å². The van der Waals surface area contributed by atoms with Crippen molar-refractivity contribution in [3.05, 3.63) is 46.0 Å². The Balaban J connectivity index is 1.99. The summed E-state index contributed by atoms with van der Waals surface area (Å²) < 4.78 is 0. The Hall–Kier alpha value is -0.990. The number of amides is 1. The van der Waals surface area contributed by atoms with Gasteiger partial charge in [-0.1, -0.05) is 41.4 Å². The van der Waals surface area contributed by atoms with Gasteiger partial charge in [0.2, 0.25) is 5.91 Å². The number of rotatable bonds is 3. The van der Waals surface area contributed by atoms with Crippen LogP contribution >= 0.6 is 23.2 Å². The molecule has 102 valence electrons. The van der Waals surface area contributed by atoms with Crippen LogP contribution in [0.5, 0.6) is 0 Å². The summed E-state index contributed by atoms with van der Waals surface area (Å²) >= 11 is 11.9. The molecule has 0 bridgehead atoms. The lowest BCUT2D eigenvalue weighted by molar-refractivity contribution is -0.125. The second-order valence-electron chi connectivity index (χ2n) is 4.89. The van der Waals surface area contributed by atoms with Crippen molar-refractivity contribution >= 4 is 29.1 Å². The topological polar surface area (TPSA) is 29.1 Å². The molecule has 2 nitrogen and oxygen atoms in total. The Labute approximate surface area is 123 Å². The molecule has 1 aromatic rings. The van der Waals surface area contributed by atoms with E-state index < -0.39 is 0 Å². The van der Waals surface area contributed by atoms with Crippen LogP contribution in [0.4, 0.5) is 0 Å². The van der Waals surface area contributed by atoms with Crippen molar-refractivity contribution in [1.29, 1.82) is 0 Å². The van der Waals surface area contributed by atoms with Crippen molar-refractivity contribution in [2.24, 2.45) is 5.92 Å². The number of allylic oxidation sites excluding steroid dienone is 2. The standard InChI is InChI=1S/C15H17Cl2NO/c1-10(12-7-8-13(16)14(17)9-12)18-15(19)11-5-3-2-4-6-11/h2-3,7-11H,4-6H2,1H3,(H,18,19)/t10-,11+/m1/s1. The fourth-order valence-corrected chi connectivity index (χ4v) is 2.53. The highest BCUT2D eigenvalue weighted by Gasteiger charge is 2.20. The highest BCUT2D eigenvalue weighted by atomic mass is 35.5. The monoisotopic (exact) mass is 297 g/mol. The van der Waals surface area contributed by atoms with Crippen molar-refractivity contribution < 1.29 is 4.79 Å². The maximum absolute atomic E-state index is 12.1. The Morgan fingerprint density at radius 3 is 2.74 bits per heavy atom. The van der Waals surface area contributed by atoms with Crippen molar-refractivity contribution in [1.82, 2.24) is 5.32 Å². The number of carbonyl (C=O) groups is 1. The first kappa shape index (κ1) is 14.4. The molecule has 2 rings (SSSR count). The van der Waals surface area contributed by atoms with Crippen molar-refractivity contribution in [3.63, 3.8) is 0 Å². The lowest BCUT2D eigenvalue weighted by atomic mass is 9.93. The quantitative estimate of drug-likeness (QED) is 0.816. The summed E-state index contributed by atoms with van der Waals surface area (Å²) in [6, 6.07) is 5.38. The molecular weight excluding hydrogens is 281 g/mol. The maximum Gasteiger partial charge on any atom is 0.223 e. The van der Waals surface area contributed by atoms with Gasteiger partial charge in [-0.05, 0) is 43.9 Å². The SMILES string of the molecule is C[C@@H](NC(=O)[C@H]1CC=CCC1)c1ccc(Cl)c(Cl)c1. The molecule has 0 unspecified atom stereocenters. The van der Waals surface area contributed by atoms with E-state index >= 15 is 0 Å². The molecule has 1 amide bonds. The summed E-state index contributed by atoms with van der Waals surface area (Å²) in [5.41, 5.74) is 0.967. The van der Waals surface area contributed by atoms with E-state index in [9.17, 15) is 4.79 Å².